The van der Waals surface area contributed by atoms with Gasteiger partial charge < -0.3 is 10.6 Å². The van der Waals surface area contributed by atoms with Crippen LogP contribution in [-0.4, -0.2) is 30.4 Å². The summed E-state index contributed by atoms with van der Waals surface area (Å²) in [5, 5.41) is 1.18. The van der Waals surface area contributed by atoms with Crippen molar-refractivity contribution in [2.24, 2.45) is 11.1 Å². The fourth-order valence-electron chi connectivity index (χ4n) is 2.82. The minimum atomic E-state index is 0. The second kappa shape index (κ2) is 7.63. The van der Waals surface area contributed by atoms with Gasteiger partial charge in [0.2, 0.25) is 0 Å². The third-order valence-corrected chi connectivity index (χ3v) is 5.86. The first-order chi connectivity index (χ1) is 10.9. The molecule has 2 heterocycles. The molecule has 0 spiro atoms. The maximum absolute atomic E-state index is 12.7. The van der Waals surface area contributed by atoms with Crippen molar-refractivity contribution in [1.29, 1.82) is 0 Å². The third kappa shape index (κ3) is 4.06. The standard InChI is InChI=1S/C17H18Cl2N2OS.ClH/c1-17(9-20)4-5-21(10-17)16(22)15-3-2-14(23-15)11-6-12(18)8-13(19)7-11;/h2-3,6-8H,4-5,9-10,20H2,1H3;1H. The minimum absolute atomic E-state index is 0. The van der Waals surface area contributed by atoms with Gasteiger partial charge in [0.1, 0.15) is 0 Å². The van der Waals surface area contributed by atoms with Gasteiger partial charge in [-0.15, -0.1) is 23.7 Å². The quantitative estimate of drug-likeness (QED) is 0.785. The molecule has 1 amide bonds. The van der Waals surface area contributed by atoms with Crippen molar-refractivity contribution in [2.45, 2.75) is 13.3 Å². The highest BCUT2D eigenvalue weighted by Gasteiger charge is 2.35. The summed E-state index contributed by atoms with van der Waals surface area (Å²) in [4.78, 5) is 16.3. The predicted octanol–water partition coefficient (Wildman–Crippen LogP) is 4.95. The van der Waals surface area contributed by atoms with Gasteiger partial charge in [0.05, 0.1) is 4.88 Å². The summed E-state index contributed by atoms with van der Waals surface area (Å²) in [7, 11) is 0. The van der Waals surface area contributed by atoms with Crippen LogP contribution in [0.2, 0.25) is 10.0 Å². The second-order valence-corrected chi connectivity index (χ2v) is 8.27. The van der Waals surface area contributed by atoms with Gasteiger partial charge in [0.15, 0.2) is 0 Å². The van der Waals surface area contributed by atoms with Crippen molar-refractivity contribution in [3.63, 3.8) is 0 Å². The van der Waals surface area contributed by atoms with E-state index in [0.29, 0.717) is 16.6 Å². The van der Waals surface area contributed by atoms with Gasteiger partial charge in [-0.05, 0) is 54.3 Å². The molecule has 130 valence electrons. The average molecular weight is 406 g/mol. The highest BCUT2D eigenvalue weighted by atomic mass is 35.5. The Morgan fingerprint density at radius 1 is 1.29 bits per heavy atom. The van der Waals surface area contributed by atoms with Gasteiger partial charge in [-0.25, -0.2) is 0 Å². The van der Waals surface area contributed by atoms with Crippen LogP contribution in [-0.2, 0) is 0 Å². The summed E-state index contributed by atoms with van der Waals surface area (Å²) in [6.07, 6.45) is 0.956. The Kier molecular flexibility index (Phi) is 6.21. The van der Waals surface area contributed by atoms with Crippen LogP contribution in [0.4, 0.5) is 0 Å². The highest BCUT2D eigenvalue weighted by Crippen LogP contribution is 2.34. The van der Waals surface area contributed by atoms with E-state index in [4.69, 9.17) is 28.9 Å². The van der Waals surface area contributed by atoms with E-state index in [1.54, 1.807) is 6.07 Å². The zero-order valence-electron chi connectivity index (χ0n) is 13.2. The molecule has 0 bridgehead atoms. The molecule has 1 aromatic heterocycles. The van der Waals surface area contributed by atoms with Gasteiger partial charge in [-0.1, -0.05) is 30.1 Å². The number of likely N-dealkylation sites (tertiary alicyclic amines) is 1. The smallest absolute Gasteiger partial charge is 0.263 e. The number of nitrogens with two attached hydrogens (primary N) is 1. The summed E-state index contributed by atoms with van der Waals surface area (Å²) in [6, 6.07) is 9.22. The van der Waals surface area contributed by atoms with Crippen LogP contribution in [0.3, 0.4) is 0 Å². The zero-order valence-corrected chi connectivity index (χ0v) is 16.4. The van der Waals surface area contributed by atoms with E-state index < -0.39 is 0 Å². The molecule has 2 aromatic rings. The number of nitrogens with zero attached hydrogens (tertiary/aromatic N) is 1. The van der Waals surface area contributed by atoms with Crippen molar-refractivity contribution in [3.8, 4) is 10.4 Å². The number of thiophene rings is 1. The SMILES string of the molecule is CC1(CN)CCN(C(=O)c2ccc(-c3cc(Cl)cc(Cl)c3)s2)C1.Cl. The molecule has 1 unspecified atom stereocenters. The molecular formula is C17H19Cl3N2OS. The van der Waals surface area contributed by atoms with E-state index in [9.17, 15) is 4.79 Å². The molecule has 0 radical (unpaired) electrons. The first-order valence-electron chi connectivity index (χ1n) is 7.46. The summed E-state index contributed by atoms with van der Waals surface area (Å²) < 4.78 is 0. The summed E-state index contributed by atoms with van der Waals surface area (Å²) in [6.45, 7) is 4.23. The van der Waals surface area contributed by atoms with Crippen molar-refractivity contribution >= 4 is 52.9 Å². The van der Waals surface area contributed by atoms with Gasteiger partial charge in [0.25, 0.3) is 5.91 Å². The van der Waals surface area contributed by atoms with Crippen LogP contribution in [0.5, 0.6) is 0 Å². The number of hydrogen-bond donors (Lipinski definition) is 1. The van der Waals surface area contributed by atoms with E-state index in [0.717, 1.165) is 34.8 Å². The van der Waals surface area contributed by atoms with E-state index >= 15 is 0 Å². The Balaban J connectivity index is 0.00000208. The van der Waals surface area contributed by atoms with E-state index in [2.05, 4.69) is 6.92 Å². The molecule has 1 saturated heterocycles. The fraction of sp³-hybridized carbons (Fsp3) is 0.353. The Bertz CT molecular complexity index is 729. The van der Waals surface area contributed by atoms with Crippen LogP contribution in [0, 0.1) is 5.41 Å². The van der Waals surface area contributed by atoms with E-state index in [-0.39, 0.29) is 23.7 Å². The molecule has 1 fully saturated rings. The normalized spacial score (nSPS) is 20.1. The number of carbonyl (C=O) groups excluding carboxylic acids is 1. The molecule has 0 aliphatic carbocycles. The highest BCUT2D eigenvalue weighted by molar-refractivity contribution is 7.17. The Hall–Kier alpha value is -0.780. The number of halogens is 3. The number of amides is 1. The molecule has 24 heavy (non-hydrogen) atoms. The zero-order chi connectivity index (χ0) is 16.6. The number of hydrogen-bond acceptors (Lipinski definition) is 3. The number of rotatable bonds is 3. The van der Waals surface area contributed by atoms with E-state index in [1.807, 2.05) is 29.2 Å². The molecule has 1 aliphatic rings. The van der Waals surface area contributed by atoms with Crippen LogP contribution >= 0.6 is 46.9 Å². The lowest BCUT2D eigenvalue weighted by Crippen LogP contribution is -2.34. The Morgan fingerprint density at radius 3 is 2.54 bits per heavy atom. The van der Waals surface area contributed by atoms with E-state index in [1.165, 1.54) is 11.3 Å². The molecule has 2 N–H and O–H groups in total. The van der Waals surface area contributed by atoms with Gasteiger partial charge >= 0.3 is 0 Å². The molecule has 1 aliphatic heterocycles. The summed E-state index contributed by atoms with van der Waals surface area (Å²) in [5.74, 6) is 0.0755. The van der Waals surface area contributed by atoms with Gasteiger partial charge in [0, 0.05) is 28.0 Å². The fourth-order valence-corrected chi connectivity index (χ4v) is 4.31. The molecule has 1 aromatic carbocycles. The van der Waals surface area contributed by atoms with Crippen LogP contribution in [0.1, 0.15) is 23.0 Å². The maximum Gasteiger partial charge on any atom is 0.263 e. The first kappa shape index (κ1) is 19.5. The number of carbonyl (C=O) groups is 1. The summed E-state index contributed by atoms with van der Waals surface area (Å²) in [5.41, 5.74) is 6.79. The predicted molar refractivity (Wildman–Crippen MR) is 105 cm³/mol. The maximum atomic E-state index is 12.7. The first-order valence-corrected chi connectivity index (χ1v) is 9.03. The molecule has 1 atom stereocenters. The van der Waals surface area contributed by atoms with Crippen molar-refractivity contribution < 1.29 is 4.79 Å². The minimum Gasteiger partial charge on any atom is -0.337 e. The lowest BCUT2D eigenvalue weighted by Gasteiger charge is -2.22. The third-order valence-electron chi connectivity index (χ3n) is 4.30. The molecule has 3 rings (SSSR count). The van der Waals surface area contributed by atoms with Crippen LogP contribution in [0.15, 0.2) is 30.3 Å². The van der Waals surface area contributed by atoms with Gasteiger partial charge in [-0.2, -0.15) is 0 Å². The van der Waals surface area contributed by atoms with Crippen LogP contribution < -0.4 is 5.73 Å². The summed E-state index contributed by atoms with van der Waals surface area (Å²) >= 11 is 13.6. The lowest BCUT2D eigenvalue weighted by atomic mass is 9.90. The van der Waals surface area contributed by atoms with Crippen molar-refractivity contribution in [2.75, 3.05) is 19.6 Å². The topological polar surface area (TPSA) is 46.3 Å². The monoisotopic (exact) mass is 404 g/mol. The molecular weight excluding hydrogens is 387 g/mol. The Morgan fingerprint density at radius 2 is 1.96 bits per heavy atom. The van der Waals surface area contributed by atoms with Gasteiger partial charge in [-0.3, -0.25) is 4.79 Å². The molecule has 7 heteroatoms. The largest absolute Gasteiger partial charge is 0.337 e. The second-order valence-electron chi connectivity index (χ2n) is 6.31. The molecule has 3 nitrogen and oxygen atoms in total. The van der Waals surface area contributed by atoms with Crippen molar-refractivity contribution in [3.05, 3.63) is 45.3 Å². The number of benzene rings is 1. The van der Waals surface area contributed by atoms with Crippen LogP contribution in [0.25, 0.3) is 10.4 Å². The molecule has 0 saturated carbocycles. The Labute approximate surface area is 162 Å². The average Bonchev–Trinajstić information content (AvgIpc) is 3.13. The lowest BCUT2D eigenvalue weighted by molar-refractivity contribution is 0.0781. The van der Waals surface area contributed by atoms with Crippen molar-refractivity contribution in [1.82, 2.24) is 4.90 Å².